The molecule has 0 saturated heterocycles. The summed E-state index contributed by atoms with van der Waals surface area (Å²) in [5.74, 6) is -0.771. The summed E-state index contributed by atoms with van der Waals surface area (Å²) in [6.45, 7) is 0. The number of thioether (sulfide) groups is 1. The summed E-state index contributed by atoms with van der Waals surface area (Å²) < 4.78 is 0. The van der Waals surface area contributed by atoms with Gasteiger partial charge in [-0.05, 0) is 23.1 Å². The minimum atomic E-state index is -1.02. The first kappa shape index (κ1) is 16.8. The van der Waals surface area contributed by atoms with Gasteiger partial charge in [-0.15, -0.1) is 11.3 Å². The highest BCUT2D eigenvalue weighted by atomic mass is 35.5. The van der Waals surface area contributed by atoms with Crippen LogP contribution in [-0.4, -0.2) is 11.0 Å². The van der Waals surface area contributed by atoms with E-state index in [1.165, 1.54) is 23.1 Å². The molecule has 0 spiro atoms. The molecule has 0 aliphatic carbocycles. The Labute approximate surface area is 151 Å². The second kappa shape index (κ2) is 6.85. The Bertz CT molecular complexity index is 845. The fourth-order valence-electron chi connectivity index (χ4n) is 2.87. The highest BCUT2D eigenvalue weighted by molar-refractivity contribution is 8.03. The molecule has 1 aromatic carbocycles. The Kier molecular flexibility index (Phi) is 4.81. The van der Waals surface area contributed by atoms with Gasteiger partial charge in [-0.3, -0.25) is 10.1 Å². The Morgan fingerprint density at radius 1 is 1.29 bits per heavy atom. The maximum Gasteiger partial charge on any atom is 0.241 e. The first-order chi connectivity index (χ1) is 11.5. The van der Waals surface area contributed by atoms with Gasteiger partial charge in [0.05, 0.1) is 22.6 Å². The quantitative estimate of drug-likeness (QED) is 0.635. The molecule has 5 nitrogen and oxygen atoms in total. The van der Waals surface area contributed by atoms with Crippen molar-refractivity contribution in [3.05, 3.63) is 78.0 Å². The summed E-state index contributed by atoms with van der Waals surface area (Å²) in [6.07, 6.45) is 0. The van der Waals surface area contributed by atoms with Crippen LogP contribution in [0.15, 0.2) is 52.4 Å². The van der Waals surface area contributed by atoms with E-state index in [0.29, 0.717) is 15.6 Å². The Balaban J connectivity index is 2.21. The molecule has 0 unspecified atom stereocenters. The van der Waals surface area contributed by atoms with Gasteiger partial charge in [-0.2, -0.15) is 5.26 Å². The lowest BCUT2D eigenvalue weighted by Gasteiger charge is -2.32. The first-order valence-electron chi connectivity index (χ1n) is 7.02. The molecule has 2 heterocycles. The molecular weight excluding hydrogens is 366 g/mol. The van der Waals surface area contributed by atoms with Crippen LogP contribution in [0, 0.1) is 21.4 Å². The van der Waals surface area contributed by atoms with Gasteiger partial charge < -0.3 is 5.73 Å². The van der Waals surface area contributed by atoms with E-state index in [-0.39, 0.29) is 10.5 Å². The highest BCUT2D eigenvalue weighted by Crippen LogP contribution is 2.52. The minimum absolute atomic E-state index is 0.211. The number of nitriles is 1. The highest BCUT2D eigenvalue weighted by Gasteiger charge is 2.49. The van der Waals surface area contributed by atoms with Gasteiger partial charge in [-0.25, -0.2) is 0 Å². The van der Waals surface area contributed by atoms with Crippen molar-refractivity contribution < 1.29 is 4.92 Å². The fourth-order valence-corrected chi connectivity index (χ4v) is 5.35. The van der Waals surface area contributed by atoms with Crippen LogP contribution in [0.25, 0.3) is 0 Å². The van der Waals surface area contributed by atoms with E-state index >= 15 is 0 Å². The molecular formula is C16H12ClN3O2S2. The summed E-state index contributed by atoms with van der Waals surface area (Å²) in [5, 5.41) is 23.6. The molecule has 1 aromatic heterocycles. The molecule has 2 aromatic rings. The number of thiophene rings is 1. The normalized spacial score (nSPS) is 23.8. The number of hydrogen-bond acceptors (Lipinski definition) is 6. The minimum Gasteiger partial charge on any atom is -0.393 e. The van der Waals surface area contributed by atoms with Gasteiger partial charge in [0.1, 0.15) is 5.25 Å². The van der Waals surface area contributed by atoms with Crippen LogP contribution in [-0.2, 0) is 0 Å². The van der Waals surface area contributed by atoms with Gasteiger partial charge in [0.25, 0.3) is 0 Å². The molecule has 24 heavy (non-hydrogen) atoms. The Hall–Kier alpha value is -2.01. The van der Waals surface area contributed by atoms with E-state index in [1.54, 1.807) is 24.3 Å². The van der Waals surface area contributed by atoms with Crippen LogP contribution < -0.4 is 5.73 Å². The van der Waals surface area contributed by atoms with E-state index in [0.717, 1.165) is 4.88 Å². The predicted octanol–water partition coefficient (Wildman–Crippen LogP) is 4.31. The van der Waals surface area contributed by atoms with E-state index < -0.39 is 17.2 Å². The SMILES string of the molecule is N#CC1=C(N)S[C@H](c2cccs2)[C@@H]([N+](=O)[O-])[C@H]1c1ccccc1Cl. The summed E-state index contributed by atoms with van der Waals surface area (Å²) in [5.41, 5.74) is 6.85. The lowest BCUT2D eigenvalue weighted by Crippen LogP contribution is -2.37. The molecule has 1 aliphatic heterocycles. The van der Waals surface area contributed by atoms with E-state index in [2.05, 4.69) is 6.07 Å². The summed E-state index contributed by atoms with van der Waals surface area (Å²) in [4.78, 5) is 12.4. The van der Waals surface area contributed by atoms with Crippen LogP contribution in [0.4, 0.5) is 0 Å². The van der Waals surface area contributed by atoms with Crippen molar-refractivity contribution >= 4 is 34.7 Å². The van der Waals surface area contributed by atoms with Crippen molar-refractivity contribution in [2.24, 2.45) is 5.73 Å². The molecule has 0 fully saturated rings. The second-order valence-corrected chi connectivity index (χ2v) is 7.79. The van der Waals surface area contributed by atoms with Crippen molar-refractivity contribution in [3.8, 4) is 6.07 Å². The summed E-state index contributed by atoms with van der Waals surface area (Å²) >= 11 is 8.89. The topological polar surface area (TPSA) is 93.0 Å². The van der Waals surface area contributed by atoms with E-state index in [1.807, 2.05) is 17.5 Å². The zero-order chi connectivity index (χ0) is 17.3. The lowest BCUT2D eigenvalue weighted by atomic mass is 9.83. The monoisotopic (exact) mass is 377 g/mol. The number of nitrogens with two attached hydrogens (primary N) is 1. The zero-order valence-corrected chi connectivity index (χ0v) is 14.6. The standard InChI is InChI=1S/C16H12ClN3O2S2/c17-11-5-2-1-4-9(11)13-10(8-18)16(19)24-15(14(13)20(21)22)12-6-3-7-23-12/h1-7,13-15H,19H2/t13-,14-,15+/m0/s1. The molecule has 3 atom stereocenters. The van der Waals surface area contributed by atoms with Gasteiger partial charge in [0.2, 0.25) is 6.04 Å². The fraction of sp³-hybridized carbons (Fsp3) is 0.188. The van der Waals surface area contributed by atoms with Crippen molar-refractivity contribution in [2.45, 2.75) is 17.2 Å². The average molecular weight is 378 g/mol. The number of rotatable bonds is 3. The third kappa shape index (κ3) is 2.88. The van der Waals surface area contributed by atoms with Gasteiger partial charge in [0.15, 0.2) is 0 Å². The predicted molar refractivity (Wildman–Crippen MR) is 96.5 cm³/mol. The lowest BCUT2D eigenvalue weighted by molar-refractivity contribution is -0.525. The molecule has 0 amide bonds. The van der Waals surface area contributed by atoms with Gasteiger partial charge >= 0.3 is 0 Å². The molecule has 2 N–H and O–H groups in total. The molecule has 0 saturated carbocycles. The number of nitrogens with zero attached hydrogens (tertiary/aromatic N) is 2. The molecule has 8 heteroatoms. The van der Waals surface area contributed by atoms with Crippen molar-refractivity contribution in [3.63, 3.8) is 0 Å². The third-order valence-corrected chi connectivity index (χ3v) is 6.62. The van der Waals surface area contributed by atoms with Crippen LogP contribution in [0.5, 0.6) is 0 Å². The number of benzene rings is 1. The largest absolute Gasteiger partial charge is 0.393 e. The maximum atomic E-state index is 11.9. The molecule has 0 radical (unpaired) electrons. The van der Waals surface area contributed by atoms with Crippen LogP contribution >= 0.6 is 34.7 Å². The third-order valence-electron chi connectivity index (χ3n) is 3.91. The van der Waals surface area contributed by atoms with Crippen molar-refractivity contribution in [1.29, 1.82) is 5.26 Å². The van der Waals surface area contributed by atoms with E-state index in [9.17, 15) is 15.4 Å². The van der Waals surface area contributed by atoms with Crippen LogP contribution in [0.3, 0.4) is 0 Å². The molecule has 3 rings (SSSR count). The Morgan fingerprint density at radius 2 is 2.04 bits per heavy atom. The molecule has 122 valence electrons. The molecule has 1 aliphatic rings. The zero-order valence-electron chi connectivity index (χ0n) is 12.3. The maximum absolute atomic E-state index is 11.9. The number of hydrogen-bond donors (Lipinski definition) is 1. The summed E-state index contributed by atoms with van der Waals surface area (Å²) in [7, 11) is 0. The molecule has 0 bridgehead atoms. The van der Waals surface area contributed by atoms with Crippen LogP contribution in [0.2, 0.25) is 5.02 Å². The average Bonchev–Trinajstić information content (AvgIpc) is 3.08. The van der Waals surface area contributed by atoms with E-state index in [4.69, 9.17) is 17.3 Å². The van der Waals surface area contributed by atoms with Crippen molar-refractivity contribution in [1.82, 2.24) is 0 Å². The smallest absolute Gasteiger partial charge is 0.241 e. The Morgan fingerprint density at radius 3 is 2.62 bits per heavy atom. The van der Waals surface area contributed by atoms with Crippen LogP contribution in [0.1, 0.15) is 21.6 Å². The van der Waals surface area contributed by atoms with Gasteiger partial charge in [-0.1, -0.05) is 47.6 Å². The first-order valence-corrected chi connectivity index (χ1v) is 9.16. The summed E-state index contributed by atoms with van der Waals surface area (Å²) in [6, 6.07) is 11.6. The number of nitro groups is 1. The number of halogens is 1. The van der Waals surface area contributed by atoms with Gasteiger partial charge in [0, 0.05) is 14.8 Å². The van der Waals surface area contributed by atoms with Crippen molar-refractivity contribution in [2.75, 3.05) is 0 Å². The second-order valence-electron chi connectivity index (χ2n) is 5.22.